The quantitative estimate of drug-likeness (QED) is 0.683. The fraction of sp³-hybridized carbons (Fsp3) is 0.467. The fourth-order valence-electron chi connectivity index (χ4n) is 2.16. The zero-order valence-electron chi connectivity index (χ0n) is 13.0. The predicted molar refractivity (Wildman–Crippen MR) is 84.7 cm³/mol. The molecule has 0 saturated heterocycles. The number of nitrogens with two attached hydrogens (primary N) is 2. The smallest absolute Gasteiger partial charge is 0.241 e. The molecule has 1 aromatic rings. The standard InChI is InChI=1S/C15H24N4O2/c1-9(2)19(8-14(17)20)11(4)15(21)18-13-6-5-12(16)7-10(13)3/h5-7,9,11H,8,16H2,1-4H3,(H2,17,20)(H,18,21). The van der Waals surface area contributed by atoms with Crippen molar-refractivity contribution in [2.45, 2.75) is 39.8 Å². The monoisotopic (exact) mass is 292 g/mol. The highest BCUT2D eigenvalue weighted by molar-refractivity contribution is 5.95. The van der Waals surface area contributed by atoms with Gasteiger partial charge < -0.3 is 16.8 Å². The molecule has 0 aliphatic rings. The van der Waals surface area contributed by atoms with Gasteiger partial charge in [-0.3, -0.25) is 14.5 Å². The minimum absolute atomic E-state index is 0.0331. The van der Waals surface area contributed by atoms with Gasteiger partial charge in [0.15, 0.2) is 0 Å². The summed E-state index contributed by atoms with van der Waals surface area (Å²) in [7, 11) is 0. The van der Waals surface area contributed by atoms with E-state index in [0.717, 1.165) is 5.56 Å². The topological polar surface area (TPSA) is 101 Å². The highest BCUT2D eigenvalue weighted by Crippen LogP contribution is 2.18. The van der Waals surface area contributed by atoms with Crippen molar-refractivity contribution in [2.24, 2.45) is 5.73 Å². The van der Waals surface area contributed by atoms with E-state index in [0.29, 0.717) is 11.4 Å². The first-order valence-corrected chi connectivity index (χ1v) is 6.93. The van der Waals surface area contributed by atoms with E-state index >= 15 is 0 Å². The van der Waals surface area contributed by atoms with Gasteiger partial charge in [-0.1, -0.05) is 0 Å². The van der Waals surface area contributed by atoms with Crippen LogP contribution in [0.2, 0.25) is 0 Å². The van der Waals surface area contributed by atoms with Crippen LogP contribution in [0.3, 0.4) is 0 Å². The largest absolute Gasteiger partial charge is 0.399 e. The van der Waals surface area contributed by atoms with E-state index < -0.39 is 11.9 Å². The zero-order valence-corrected chi connectivity index (χ0v) is 13.0. The van der Waals surface area contributed by atoms with Crippen LogP contribution in [0.5, 0.6) is 0 Å². The molecule has 0 fully saturated rings. The van der Waals surface area contributed by atoms with Gasteiger partial charge in [0.1, 0.15) is 0 Å². The Balaban J connectivity index is 2.83. The number of carbonyl (C=O) groups is 2. The van der Waals surface area contributed by atoms with E-state index in [4.69, 9.17) is 11.5 Å². The lowest BCUT2D eigenvalue weighted by Gasteiger charge is -2.30. The molecule has 0 bridgehead atoms. The van der Waals surface area contributed by atoms with Gasteiger partial charge in [0.2, 0.25) is 11.8 Å². The number of aryl methyl sites for hydroxylation is 1. The van der Waals surface area contributed by atoms with Crippen molar-refractivity contribution in [3.05, 3.63) is 23.8 Å². The number of rotatable bonds is 6. The third-order valence-electron chi connectivity index (χ3n) is 3.39. The Labute approximate surface area is 125 Å². The number of primary amides is 1. The third-order valence-corrected chi connectivity index (χ3v) is 3.39. The number of carbonyl (C=O) groups excluding carboxylic acids is 2. The molecule has 0 radical (unpaired) electrons. The molecule has 5 N–H and O–H groups in total. The number of nitrogens with one attached hydrogen (secondary N) is 1. The highest BCUT2D eigenvalue weighted by Gasteiger charge is 2.25. The second-order valence-corrected chi connectivity index (χ2v) is 5.47. The van der Waals surface area contributed by atoms with Gasteiger partial charge in [0.25, 0.3) is 0 Å². The molecular formula is C15H24N4O2. The van der Waals surface area contributed by atoms with Crippen LogP contribution in [-0.2, 0) is 9.59 Å². The summed E-state index contributed by atoms with van der Waals surface area (Å²) in [5.41, 5.74) is 13.2. The number of hydrogen-bond acceptors (Lipinski definition) is 4. The predicted octanol–water partition coefficient (Wildman–Crippen LogP) is 1.10. The summed E-state index contributed by atoms with van der Waals surface area (Å²) < 4.78 is 0. The van der Waals surface area contributed by atoms with Crippen LogP contribution in [0.1, 0.15) is 26.3 Å². The molecule has 21 heavy (non-hydrogen) atoms. The molecule has 0 aromatic heterocycles. The van der Waals surface area contributed by atoms with Crippen molar-refractivity contribution in [3.63, 3.8) is 0 Å². The van der Waals surface area contributed by atoms with E-state index in [-0.39, 0.29) is 18.5 Å². The summed E-state index contributed by atoms with van der Waals surface area (Å²) in [6.07, 6.45) is 0. The Morgan fingerprint density at radius 2 is 1.90 bits per heavy atom. The highest BCUT2D eigenvalue weighted by atomic mass is 16.2. The van der Waals surface area contributed by atoms with Crippen molar-refractivity contribution < 1.29 is 9.59 Å². The molecule has 1 unspecified atom stereocenters. The molecule has 0 heterocycles. The summed E-state index contributed by atoms with van der Waals surface area (Å²) in [6, 6.07) is 4.87. The van der Waals surface area contributed by atoms with E-state index in [9.17, 15) is 9.59 Å². The number of amides is 2. The Morgan fingerprint density at radius 1 is 1.29 bits per heavy atom. The van der Waals surface area contributed by atoms with Gasteiger partial charge in [-0.2, -0.15) is 0 Å². The van der Waals surface area contributed by atoms with Crippen LogP contribution >= 0.6 is 0 Å². The lowest BCUT2D eigenvalue weighted by Crippen LogP contribution is -2.49. The summed E-state index contributed by atoms with van der Waals surface area (Å²) in [5, 5.41) is 2.86. The first kappa shape index (κ1) is 17.0. The normalized spacial score (nSPS) is 12.5. The number of nitrogen functional groups attached to an aromatic ring is 1. The summed E-state index contributed by atoms with van der Waals surface area (Å²) in [6.45, 7) is 7.51. The van der Waals surface area contributed by atoms with Crippen LogP contribution < -0.4 is 16.8 Å². The molecule has 2 amide bonds. The SMILES string of the molecule is Cc1cc(N)ccc1NC(=O)C(C)N(CC(N)=O)C(C)C. The summed E-state index contributed by atoms with van der Waals surface area (Å²) in [5.74, 6) is -0.634. The molecule has 0 saturated carbocycles. The van der Waals surface area contributed by atoms with E-state index in [1.54, 1.807) is 30.0 Å². The summed E-state index contributed by atoms with van der Waals surface area (Å²) in [4.78, 5) is 25.2. The lowest BCUT2D eigenvalue weighted by atomic mass is 10.1. The average molecular weight is 292 g/mol. The molecule has 0 aliphatic carbocycles. The number of benzene rings is 1. The van der Waals surface area contributed by atoms with Gasteiger partial charge >= 0.3 is 0 Å². The Kier molecular flexibility index (Phi) is 5.72. The zero-order chi connectivity index (χ0) is 16.2. The first-order valence-electron chi connectivity index (χ1n) is 6.93. The second kappa shape index (κ2) is 7.08. The van der Waals surface area contributed by atoms with Crippen LogP contribution in [0, 0.1) is 6.92 Å². The molecule has 116 valence electrons. The van der Waals surface area contributed by atoms with Crippen molar-refractivity contribution in [3.8, 4) is 0 Å². The van der Waals surface area contributed by atoms with Crippen LogP contribution in [-0.4, -0.2) is 35.3 Å². The molecule has 6 heteroatoms. The maximum atomic E-state index is 12.3. The van der Waals surface area contributed by atoms with E-state index in [1.807, 2.05) is 20.8 Å². The number of anilines is 2. The van der Waals surface area contributed by atoms with Gasteiger partial charge in [-0.25, -0.2) is 0 Å². The molecular weight excluding hydrogens is 268 g/mol. The van der Waals surface area contributed by atoms with Crippen molar-refractivity contribution >= 4 is 23.2 Å². The Hall–Kier alpha value is -2.08. The number of nitrogens with zero attached hydrogens (tertiary/aromatic N) is 1. The maximum Gasteiger partial charge on any atom is 0.241 e. The molecule has 1 rings (SSSR count). The molecule has 1 atom stereocenters. The maximum absolute atomic E-state index is 12.3. The van der Waals surface area contributed by atoms with Gasteiger partial charge in [-0.05, 0) is 51.5 Å². The van der Waals surface area contributed by atoms with Gasteiger partial charge in [-0.15, -0.1) is 0 Å². The Morgan fingerprint density at radius 3 is 2.38 bits per heavy atom. The van der Waals surface area contributed by atoms with Gasteiger partial charge in [0.05, 0.1) is 12.6 Å². The fourth-order valence-corrected chi connectivity index (χ4v) is 2.16. The number of hydrogen-bond donors (Lipinski definition) is 3. The lowest BCUT2D eigenvalue weighted by molar-refractivity contribution is -0.124. The van der Waals surface area contributed by atoms with E-state index in [2.05, 4.69) is 5.32 Å². The first-order chi connectivity index (χ1) is 9.72. The summed E-state index contributed by atoms with van der Waals surface area (Å²) >= 11 is 0. The van der Waals surface area contributed by atoms with Crippen molar-refractivity contribution in [1.82, 2.24) is 4.90 Å². The minimum Gasteiger partial charge on any atom is -0.399 e. The van der Waals surface area contributed by atoms with Crippen LogP contribution in [0.25, 0.3) is 0 Å². The van der Waals surface area contributed by atoms with Gasteiger partial charge in [0, 0.05) is 17.4 Å². The minimum atomic E-state index is -0.463. The molecule has 0 aliphatic heterocycles. The van der Waals surface area contributed by atoms with E-state index in [1.165, 1.54) is 0 Å². The van der Waals surface area contributed by atoms with Crippen molar-refractivity contribution in [1.29, 1.82) is 0 Å². The van der Waals surface area contributed by atoms with Crippen molar-refractivity contribution in [2.75, 3.05) is 17.6 Å². The average Bonchev–Trinajstić information content (AvgIpc) is 2.37. The molecule has 0 spiro atoms. The third kappa shape index (κ3) is 4.75. The molecule has 1 aromatic carbocycles. The van der Waals surface area contributed by atoms with Crippen LogP contribution in [0.15, 0.2) is 18.2 Å². The van der Waals surface area contributed by atoms with Crippen LogP contribution in [0.4, 0.5) is 11.4 Å². The second-order valence-electron chi connectivity index (χ2n) is 5.47. The molecule has 6 nitrogen and oxygen atoms in total. The Bertz CT molecular complexity index is 528.